The number of nitrogens with one attached hydrogen (secondary N) is 2. The van der Waals surface area contributed by atoms with Gasteiger partial charge in [-0.25, -0.2) is 4.98 Å². The average molecular weight is 518 g/mol. The lowest BCUT2D eigenvalue weighted by Gasteiger charge is -2.10. The molecule has 0 fully saturated rings. The maximum absolute atomic E-state index is 13.0. The first-order chi connectivity index (χ1) is 16.1. The summed E-state index contributed by atoms with van der Waals surface area (Å²) < 4.78 is 2.11. The number of hydrogen-bond donors (Lipinski definition) is 2. The number of aromatic amines is 1. The number of thiophene rings is 1. The fourth-order valence-corrected chi connectivity index (χ4v) is 4.45. The second-order valence-corrected chi connectivity index (χ2v) is 8.86. The monoisotopic (exact) mass is 517 g/mol. The molecular formula is C24H16BrN5O2S. The van der Waals surface area contributed by atoms with Crippen LogP contribution in [-0.4, -0.2) is 25.7 Å². The fourth-order valence-electron chi connectivity index (χ4n) is 3.31. The third kappa shape index (κ3) is 4.41. The number of hydrogen-bond acceptors (Lipinski definition) is 5. The summed E-state index contributed by atoms with van der Waals surface area (Å²) in [5, 5.41) is 9.49. The summed E-state index contributed by atoms with van der Waals surface area (Å²) in [5.41, 5.74) is 2.11. The van der Waals surface area contributed by atoms with Crippen LogP contribution in [0.15, 0.2) is 93.5 Å². The number of amides is 1. The van der Waals surface area contributed by atoms with E-state index in [1.54, 1.807) is 24.3 Å². The molecule has 162 valence electrons. The number of nitrogens with zero attached hydrogens (tertiary/aromatic N) is 3. The first-order valence-corrected chi connectivity index (χ1v) is 11.6. The molecule has 7 nitrogen and oxygen atoms in total. The highest BCUT2D eigenvalue weighted by molar-refractivity contribution is 9.10. The molecule has 0 saturated carbocycles. The topological polar surface area (TPSA) is 92.7 Å². The second-order valence-electron chi connectivity index (χ2n) is 7.06. The molecule has 0 bridgehead atoms. The fraction of sp³-hybridized carbons (Fsp3) is 0. The number of carbonyl (C=O) groups excluding carboxylic acids is 1. The van der Waals surface area contributed by atoms with Gasteiger partial charge in [-0.15, -0.1) is 11.3 Å². The van der Waals surface area contributed by atoms with Crippen LogP contribution in [-0.2, 0) is 0 Å². The number of carbonyl (C=O) groups is 1. The van der Waals surface area contributed by atoms with Crippen molar-refractivity contribution in [2.75, 3.05) is 5.32 Å². The van der Waals surface area contributed by atoms with Gasteiger partial charge in [0.1, 0.15) is 11.5 Å². The van der Waals surface area contributed by atoms with E-state index in [0.29, 0.717) is 27.2 Å². The Morgan fingerprint density at radius 3 is 2.52 bits per heavy atom. The number of rotatable bonds is 5. The van der Waals surface area contributed by atoms with E-state index in [-0.39, 0.29) is 17.4 Å². The average Bonchev–Trinajstić information content (AvgIpc) is 3.50. The molecule has 9 heteroatoms. The third-order valence-corrected chi connectivity index (χ3v) is 6.43. The molecule has 5 rings (SSSR count). The first-order valence-electron chi connectivity index (χ1n) is 9.95. The summed E-state index contributed by atoms with van der Waals surface area (Å²) in [6, 6.07) is 23.6. The van der Waals surface area contributed by atoms with Crippen LogP contribution in [0, 0.1) is 0 Å². The molecule has 0 radical (unpaired) electrons. The lowest BCUT2D eigenvalue weighted by molar-refractivity contribution is 0.102. The minimum Gasteiger partial charge on any atom is -0.306 e. The molecule has 0 unspecified atom stereocenters. The van der Waals surface area contributed by atoms with Crippen LogP contribution in [0.25, 0.3) is 27.8 Å². The van der Waals surface area contributed by atoms with Gasteiger partial charge in [0.05, 0.1) is 16.1 Å². The van der Waals surface area contributed by atoms with Crippen LogP contribution >= 0.6 is 27.3 Å². The summed E-state index contributed by atoms with van der Waals surface area (Å²) in [6.45, 7) is 0. The zero-order chi connectivity index (χ0) is 22.8. The van der Waals surface area contributed by atoms with E-state index in [1.165, 1.54) is 22.1 Å². The largest absolute Gasteiger partial charge is 0.306 e. The Morgan fingerprint density at radius 1 is 0.970 bits per heavy atom. The summed E-state index contributed by atoms with van der Waals surface area (Å²) in [4.78, 5) is 33.7. The highest BCUT2D eigenvalue weighted by Gasteiger charge is 2.18. The first kappa shape index (κ1) is 21.0. The summed E-state index contributed by atoms with van der Waals surface area (Å²) >= 11 is 4.94. The second kappa shape index (κ2) is 8.97. The molecule has 1 amide bonds. The van der Waals surface area contributed by atoms with E-state index in [2.05, 4.69) is 36.3 Å². The van der Waals surface area contributed by atoms with E-state index < -0.39 is 0 Å². The summed E-state index contributed by atoms with van der Waals surface area (Å²) in [5.74, 6) is 0.266. The maximum Gasteiger partial charge on any atom is 0.257 e. The Bertz CT molecular complexity index is 1490. The molecule has 0 aliphatic rings. The Hall–Kier alpha value is -3.82. The quantitative estimate of drug-likeness (QED) is 0.328. The van der Waals surface area contributed by atoms with Crippen molar-refractivity contribution in [2.24, 2.45) is 0 Å². The maximum atomic E-state index is 13.0. The zero-order valence-corrected chi connectivity index (χ0v) is 19.4. The Balaban J connectivity index is 1.61. The van der Waals surface area contributed by atoms with Crippen molar-refractivity contribution in [3.05, 3.63) is 105 Å². The van der Waals surface area contributed by atoms with E-state index in [4.69, 9.17) is 0 Å². The van der Waals surface area contributed by atoms with Crippen LogP contribution in [0.2, 0.25) is 0 Å². The van der Waals surface area contributed by atoms with Crippen molar-refractivity contribution >= 4 is 39.0 Å². The number of H-pyrrole nitrogens is 1. The smallest absolute Gasteiger partial charge is 0.257 e. The minimum absolute atomic E-state index is 0.201. The number of anilines is 1. The minimum atomic E-state index is -0.324. The normalized spacial score (nSPS) is 10.8. The highest BCUT2D eigenvalue weighted by atomic mass is 79.9. The predicted molar refractivity (Wildman–Crippen MR) is 133 cm³/mol. The van der Waals surface area contributed by atoms with Gasteiger partial charge in [-0.2, -0.15) is 9.78 Å². The molecular weight excluding hydrogens is 502 g/mol. The van der Waals surface area contributed by atoms with Crippen LogP contribution in [0.3, 0.4) is 0 Å². The van der Waals surface area contributed by atoms with Crippen LogP contribution in [0.5, 0.6) is 0 Å². The predicted octanol–water partition coefficient (Wildman–Crippen LogP) is 5.37. The lowest BCUT2D eigenvalue weighted by Crippen LogP contribution is -2.19. The van der Waals surface area contributed by atoms with Gasteiger partial charge in [0.25, 0.3) is 11.5 Å². The molecule has 0 saturated heterocycles. The number of aromatic nitrogens is 4. The van der Waals surface area contributed by atoms with Gasteiger partial charge in [-0.05, 0) is 39.5 Å². The van der Waals surface area contributed by atoms with Crippen molar-refractivity contribution in [1.82, 2.24) is 19.7 Å². The van der Waals surface area contributed by atoms with Crippen LogP contribution in [0.4, 0.5) is 5.82 Å². The molecule has 3 heterocycles. The highest BCUT2D eigenvalue weighted by Crippen LogP contribution is 2.28. The molecule has 33 heavy (non-hydrogen) atoms. The van der Waals surface area contributed by atoms with Gasteiger partial charge in [0.2, 0.25) is 5.95 Å². The summed E-state index contributed by atoms with van der Waals surface area (Å²) in [7, 11) is 0. The lowest BCUT2D eigenvalue weighted by atomic mass is 10.1. The van der Waals surface area contributed by atoms with Crippen LogP contribution < -0.4 is 10.9 Å². The van der Waals surface area contributed by atoms with Gasteiger partial charge in [-0.3, -0.25) is 14.6 Å². The molecule has 2 N–H and O–H groups in total. The van der Waals surface area contributed by atoms with Gasteiger partial charge in [-0.1, -0.05) is 48.5 Å². The van der Waals surface area contributed by atoms with E-state index in [1.807, 2.05) is 53.9 Å². The van der Waals surface area contributed by atoms with Gasteiger partial charge in [0, 0.05) is 22.2 Å². The molecule has 0 atom stereocenters. The molecule has 3 aromatic heterocycles. The van der Waals surface area contributed by atoms with Gasteiger partial charge in [0.15, 0.2) is 0 Å². The zero-order valence-electron chi connectivity index (χ0n) is 17.0. The molecule has 0 aliphatic heterocycles. The number of halogens is 1. The van der Waals surface area contributed by atoms with Crippen molar-refractivity contribution in [3.8, 4) is 27.8 Å². The van der Waals surface area contributed by atoms with E-state index in [9.17, 15) is 9.59 Å². The Labute approximate surface area is 200 Å². The van der Waals surface area contributed by atoms with Crippen molar-refractivity contribution in [1.29, 1.82) is 0 Å². The standard InChI is InChI=1S/C24H16BrN5O2S/c25-17-10-5-4-9-16(17)23(32)27-21-13-19(20-11-6-12-33-20)29-30(21)24-26-18(14-22(31)28-24)15-7-2-1-3-8-15/h1-14H,(H,27,32)(H,26,28,31). The van der Waals surface area contributed by atoms with Gasteiger partial charge >= 0.3 is 0 Å². The third-order valence-electron chi connectivity index (χ3n) is 4.84. The van der Waals surface area contributed by atoms with E-state index >= 15 is 0 Å². The van der Waals surface area contributed by atoms with Crippen molar-refractivity contribution in [2.45, 2.75) is 0 Å². The Morgan fingerprint density at radius 2 is 1.76 bits per heavy atom. The SMILES string of the molecule is O=C(Nc1cc(-c2cccs2)nn1-c1nc(-c2ccccc2)cc(=O)[nH]1)c1ccccc1Br. The molecule has 0 spiro atoms. The summed E-state index contributed by atoms with van der Waals surface area (Å²) in [6.07, 6.45) is 0. The number of benzene rings is 2. The van der Waals surface area contributed by atoms with Gasteiger partial charge < -0.3 is 5.32 Å². The molecule has 5 aromatic rings. The van der Waals surface area contributed by atoms with E-state index in [0.717, 1.165) is 10.4 Å². The molecule has 0 aliphatic carbocycles. The Kier molecular flexibility index (Phi) is 5.72. The van der Waals surface area contributed by atoms with Crippen LogP contribution in [0.1, 0.15) is 10.4 Å². The molecule has 2 aromatic carbocycles. The van der Waals surface area contributed by atoms with Crippen molar-refractivity contribution in [3.63, 3.8) is 0 Å². The van der Waals surface area contributed by atoms with Crippen molar-refractivity contribution < 1.29 is 4.79 Å².